The Kier molecular flexibility index (Phi) is 4.81. The van der Waals surface area contributed by atoms with E-state index in [0.717, 1.165) is 18.9 Å². The van der Waals surface area contributed by atoms with Gasteiger partial charge in [-0.2, -0.15) is 0 Å². The van der Waals surface area contributed by atoms with Gasteiger partial charge in [-0.15, -0.1) is 0 Å². The van der Waals surface area contributed by atoms with Gasteiger partial charge in [0.05, 0.1) is 5.69 Å². The maximum atomic E-state index is 12.3. The quantitative estimate of drug-likeness (QED) is 0.867. The molecule has 1 aliphatic carbocycles. The van der Waals surface area contributed by atoms with Crippen LogP contribution < -0.4 is 5.32 Å². The highest BCUT2D eigenvalue weighted by Gasteiger charge is 2.34. The molecule has 0 spiro atoms. The van der Waals surface area contributed by atoms with Gasteiger partial charge in [0, 0.05) is 44.8 Å². The average Bonchev–Trinajstić information content (AvgIpc) is 2.90. The summed E-state index contributed by atoms with van der Waals surface area (Å²) < 4.78 is 2.10. The van der Waals surface area contributed by atoms with Crippen LogP contribution in [0.25, 0.3) is 0 Å². The maximum absolute atomic E-state index is 12.3. The molecule has 1 aromatic heterocycles. The zero-order chi connectivity index (χ0) is 15.5. The molecule has 0 radical (unpaired) electrons. The van der Waals surface area contributed by atoms with Gasteiger partial charge in [0.1, 0.15) is 5.82 Å². The highest BCUT2D eigenvalue weighted by atomic mass is 16.2. The van der Waals surface area contributed by atoms with Crippen LogP contribution in [0.2, 0.25) is 0 Å². The summed E-state index contributed by atoms with van der Waals surface area (Å²) in [5.41, 5.74) is 1.18. The number of likely N-dealkylation sites (tertiary alicyclic amines) is 1. The fourth-order valence-electron chi connectivity index (χ4n) is 3.75. The van der Waals surface area contributed by atoms with Crippen molar-refractivity contribution in [1.82, 2.24) is 19.8 Å². The molecule has 1 atom stereocenters. The van der Waals surface area contributed by atoms with Crippen molar-refractivity contribution in [2.24, 2.45) is 7.05 Å². The van der Waals surface area contributed by atoms with Gasteiger partial charge in [0.15, 0.2) is 0 Å². The third-order valence-electron chi connectivity index (χ3n) is 5.31. The molecule has 2 aliphatic rings. The number of hydrogen-bond donors (Lipinski definition) is 1. The Hall–Kier alpha value is -1.36. The van der Waals surface area contributed by atoms with Crippen molar-refractivity contribution in [3.8, 4) is 0 Å². The second-order valence-electron chi connectivity index (χ2n) is 6.83. The van der Waals surface area contributed by atoms with E-state index in [4.69, 9.17) is 0 Å². The molecule has 0 bridgehead atoms. The lowest BCUT2D eigenvalue weighted by Gasteiger charge is -2.27. The van der Waals surface area contributed by atoms with E-state index in [-0.39, 0.29) is 6.04 Å². The lowest BCUT2D eigenvalue weighted by Crippen LogP contribution is -2.38. The van der Waals surface area contributed by atoms with Crippen LogP contribution in [0.4, 0.5) is 0 Å². The van der Waals surface area contributed by atoms with Gasteiger partial charge < -0.3 is 14.8 Å². The molecule has 1 aliphatic heterocycles. The van der Waals surface area contributed by atoms with Gasteiger partial charge in [-0.1, -0.05) is 25.7 Å². The van der Waals surface area contributed by atoms with Crippen LogP contribution in [-0.2, 0) is 18.4 Å². The number of aromatic nitrogens is 2. The van der Waals surface area contributed by atoms with Crippen LogP contribution in [0, 0.1) is 6.92 Å². The molecule has 2 heterocycles. The molecule has 5 nitrogen and oxygen atoms in total. The van der Waals surface area contributed by atoms with E-state index < -0.39 is 0 Å². The van der Waals surface area contributed by atoms with Gasteiger partial charge in [-0.05, 0) is 19.8 Å². The normalized spacial score (nSPS) is 24.0. The van der Waals surface area contributed by atoms with Crippen molar-refractivity contribution in [3.05, 3.63) is 17.7 Å². The van der Waals surface area contributed by atoms with Crippen molar-refractivity contribution >= 4 is 5.91 Å². The average molecular weight is 304 g/mol. The van der Waals surface area contributed by atoms with Crippen molar-refractivity contribution in [3.63, 3.8) is 0 Å². The first-order valence-electron chi connectivity index (χ1n) is 8.65. The SMILES string of the molecule is Cc1ncc(CNC2CC(=O)N(C3CCCCCC3)C2)n1C. The Bertz CT molecular complexity index is 517. The first kappa shape index (κ1) is 15.5. The van der Waals surface area contributed by atoms with Crippen molar-refractivity contribution < 1.29 is 4.79 Å². The Balaban J connectivity index is 1.54. The smallest absolute Gasteiger partial charge is 0.224 e. The fourth-order valence-corrected chi connectivity index (χ4v) is 3.75. The minimum absolute atomic E-state index is 0.283. The third-order valence-corrected chi connectivity index (χ3v) is 5.31. The molecule has 1 saturated heterocycles. The first-order chi connectivity index (χ1) is 10.6. The molecule has 0 aromatic carbocycles. The lowest BCUT2D eigenvalue weighted by atomic mass is 10.1. The number of carbonyl (C=O) groups excluding carboxylic acids is 1. The topological polar surface area (TPSA) is 50.2 Å². The van der Waals surface area contributed by atoms with Crippen LogP contribution in [-0.4, -0.2) is 39.0 Å². The van der Waals surface area contributed by atoms with Crippen LogP contribution in [0.15, 0.2) is 6.20 Å². The van der Waals surface area contributed by atoms with Gasteiger partial charge in [-0.25, -0.2) is 4.98 Å². The Morgan fingerprint density at radius 1 is 1.27 bits per heavy atom. The number of rotatable bonds is 4. The summed E-state index contributed by atoms with van der Waals surface area (Å²) in [6.07, 6.45) is 10.2. The largest absolute Gasteiger partial charge is 0.338 e. The third kappa shape index (κ3) is 3.35. The minimum Gasteiger partial charge on any atom is -0.338 e. The molecule has 1 saturated carbocycles. The number of aryl methyl sites for hydroxylation is 1. The molecule has 1 aromatic rings. The van der Waals surface area contributed by atoms with E-state index in [2.05, 4.69) is 19.8 Å². The zero-order valence-electron chi connectivity index (χ0n) is 13.8. The first-order valence-corrected chi connectivity index (χ1v) is 8.65. The van der Waals surface area contributed by atoms with Gasteiger partial charge in [-0.3, -0.25) is 4.79 Å². The van der Waals surface area contributed by atoms with E-state index in [1.165, 1.54) is 44.2 Å². The summed E-state index contributed by atoms with van der Waals surface area (Å²) in [6.45, 7) is 3.67. The summed E-state index contributed by atoms with van der Waals surface area (Å²) in [4.78, 5) is 18.8. The lowest BCUT2D eigenvalue weighted by molar-refractivity contribution is -0.129. The molecular formula is C17H28N4O. The van der Waals surface area contributed by atoms with E-state index in [1.54, 1.807) is 0 Å². The molecule has 1 unspecified atom stereocenters. The summed E-state index contributed by atoms with van der Waals surface area (Å²) in [7, 11) is 2.04. The fraction of sp³-hybridized carbons (Fsp3) is 0.765. The van der Waals surface area contributed by atoms with Crippen LogP contribution in [0.3, 0.4) is 0 Å². The molecule has 5 heteroatoms. The van der Waals surface area contributed by atoms with E-state index >= 15 is 0 Å². The monoisotopic (exact) mass is 304 g/mol. The number of carbonyl (C=O) groups is 1. The Morgan fingerprint density at radius 2 is 2.00 bits per heavy atom. The summed E-state index contributed by atoms with van der Waals surface area (Å²) in [5, 5.41) is 3.54. The van der Waals surface area contributed by atoms with Crippen molar-refractivity contribution in [1.29, 1.82) is 0 Å². The second-order valence-corrected chi connectivity index (χ2v) is 6.83. The summed E-state index contributed by atoms with van der Waals surface area (Å²) in [6, 6.07) is 0.770. The maximum Gasteiger partial charge on any atom is 0.224 e. The molecule has 1 N–H and O–H groups in total. The highest BCUT2D eigenvalue weighted by Crippen LogP contribution is 2.25. The van der Waals surface area contributed by atoms with Crippen LogP contribution in [0.1, 0.15) is 56.5 Å². The number of nitrogens with one attached hydrogen (secondary N) is 1. The predicted molar refractivity (Wildman–Crippen MR) is 86.4 cm³/mol. The van der Waals surface area contributed by atoms with Crippen molar-refractivity contribution in [2.45, 2.75) is 70.5 Å². The van der Waals surface area contributed by atoms with Crippen LogP contribution in [0.5, 0.6) is 0 Å². The highest BCUT2D eigenvalue weighted by molar-refractivity contribution is 5.79. The van der Waals surface area contributed by atoms with Gasteiger partial charge in [0.25, 0.3) is 0 Å². The minimum atomic E-state index is 0.283. The Morgan fingerprint density at radius 3 is 2.64 bits per heavy atom. The van der Waals surface area contributed by atoms with E-state index in [1.807, 2.05) is 20.2 Å². The van der Waals surface area contributed by atoms with Gasteiger partial charge in [0.2, 0.25) is 5.91 Å². The molecular weight excluding hydrogens is 276 g/mol. The zero-order valence-corrected chi connectivity index (χ0v) is 13.8. The predicted octanol–water partition coefficient (Wildman–Crippen LogP) is 2.14. The molecule has 22 heavy (non-hydrogen) atoms. The van der Waals surface area contributed by atoms with E-state index in [9.17, 15) is 4.79 Å². The number of imidazole rings is 1. The summed E-state index contributed by atoms with van der Waals surface area (Å²) in [5.74, 6) is 1.37. The van der Waals surface area contributed by atoms with E-state index in [0.29, 0.717) is 18.4 Å². The second kappa shape index (κ2) is 6.82. The van der Waals surface area contributed by atoms with Crippen molar-refractivity contribution in [2.75, 3.05) is 6.54 Å². The summed E-state index contributed by atoms with van der Waals surface area (Å²) >= 11 is 0. The number of amides is 1. The Labute approximate surface area is 133 Å². The number of nitrogens with zero attached hydrogens (tertiary/aromatic N) is 3. The number of hydrogen-bond acceptors (Lipinski definition) is 3. The standard InChI is InChI=1S/C17H28N4O/c1-13-18-10-16(20(13)2)11-19-14-9-17(22)21(12-14)15-7-5-3-4-6-8-15/h10,14-15,19H,3-9,11-12H2,1-2H3. The van der Waals surface area contributed by atoms with Crippen LogP contribution >= 0.6 is 0 Å². The molecule has 122 valence electrons. The molecule has 2 fully saturated rings. The van der Waals surface area contributed by atoms with Gasteiger partial charge >= 0.3 is 0 Å². The molecule has 1 amide bonds. The molecule has 3 rings (SSSR count).